The summed E-state index contributed by atoms with van der Waals surface area (Å²) >= 11 is 0. The molecule has 100 valence electrons. The number of ketones is 1. The Bertz CT molecular complexity index is 509. The van der Waals surface area contributed by atoms with E-state index >= 15 is 0 Å². The zero-order chi connectivity index (χ0) is 13.4. The Balaban J connectivity index is 1.64. The van der Waals surface area contributed by atoms with Gasteiger partial charge in [-0.25, -0.2) is 4.79 Å². The van der Waals surface area contributed by atoms with E-state index in [-0.39, 0.29) is 11.8 Å². The number of Topliss-reactive ketones (excluding diaryl/α,β-unsaturated/α-hetero) is 1. The largest absolute Gasteiger partial charge is 0.322 e. The van der Waals surface area contributed by atoms with Crippen LogP contribution in [-0.2, 0) is 0 Å². The van der Waals surface area contributed by atoms with Crippen molar-refractivity contribution in [3.63, 3.8) is 0 Å². The van der Waals surface area contributed by atoms with Crippen molar-refractivity contribution in [1.82, 2.24) is 4.90 Å². The highest BCUT2D eigenvalue weighted by Crippen LogP contribution is 2.37. The van der Waals surface area contributed by atoms with E-state index in [4.69, 9.17) is 0 Å². The van der Waals surface area contributed by atoms with Gasteiger partial charge in [0.05, 0.1) is 0 Å². The third kappa shape index (κ3) is 2.35. The van der Waals surface area contributed by atoms with E-state index in [2.05, 4.69) is 5.32 Å². The van der Waals surface area contributed by atoms with Gasteiger partial charge in [-0.1, -0.05) is 0 Å². The molecule has 0 aromatic heterocycles. The van der Waals surface area contributed by atoms with Gasteiger partial charge in [-0.05, 0) is 56.4 Å². The van der Waals surface area contributed by atoms with Crippen LogP contribution in [0.25, 0.3) is 0 Å². The summed E-state index contributed by atoms with van der Waals surface area (Å²) in [5, 5.41) is 2.91. The van der Waals surface area contributed by atoms with E-state index in [1.165, 1.54) is 13.3 Å². The van der Waals surface area contributed by atoms with E-state index in [0.717, 1.165) is 25.1 Å². The van der Waals surface area contributed by atoms with Crippen LogP contribution in [0.15, 0.2) is 24.3 Å². The number of carbonyl (C=O) groups excluding carboxylic acids is 2. The van der Waals surface area contributed by atoms with Gasteiger partial charge >= 0.3 is 6.03 Å². The van der Waals surface area contributed by atoms with Crippen molar-refractivity contribution >= 4 is 17.5 Å². The second-order valence-electron chi connectivity index (χ2n) is 5.55. The minimum atomic E-state index is -0.0113. The topological polar surface area (TPSA) is 49.4 Å². The lowest BCUT2D eigenvalue weighted by Crippen LogP contribution is -2.40. The van der Waals surface area contributed by atoms with Crippen LogP contribution in [0.1, 0.15) is 36.5 Å². The Labute approximate surface area is 112 Å². The third-order valence-corrected chi connectivity index (χ3v) is 4.21. The number of hydrogen-bond donors (Lipinski definition) is 1. The van der Waals surface area contributed by atoms with E-state index in [0.29, 0.717) is 17.5 Å². The fourth-order valence-corrected chi connectivity index (χ4v) is 3.16. The molecule has 1 aliphatic heterocycles. The van der Waals surface area contributed by atoms with Gasteiger partial charge in [-0.15, -0.1) is 0 Å². The Hall–Kier alpha value is -1.84. The second kappa shape index (κ2) is 4.68. The number of urea groups is 1. The minimum absolute atomic E-state index is 0.0113. The van der Waals surface area contributed by atoms with Crippen LogP contribution in [0.2, 0.25) is 0 Å². The van der Waals surface area contributed by atoms with Crippen molar-refractivity contribution < 1.29 is 9.59 Å². The normalized spacial score (nSPS) is 24.6. The first kappa shape index (κ1) is 12.2. The molecule has 0 spiro atoms. The van der Waals surface area contributed by atoms with E-state index < -0.39 is 0 Å². The molecule has 1 aromatic rings. The molecule has 3 rings (SSSR count). The molecule has 1 aromatic carbocycles. The Kier molecular flexibility index (Phi) is 3.01. The second-order valence-corrected chi connectivity index (χ2v) is 5.55. The summed E-state index contributed by atoms with van der Waals surface area (Å²) in [6, 6.07) is 7.47. The van der Waals surface area contributed by atoms with Crippen molar-refractivity contribution in [2.24, 2.45) is 5.92 Å². The van der Waals surface area contributed by atoms with Gasteiger partial charge in [-0.3, -0.25) is 4.79 Å². The van der Waals surface area contributed by atoms with Gasteiger partial charge < -0.3 is 10.2 Å². The van der Waals surface area contributed by atoms with Crippen LogP contribution >= 0.6 is 0 Å². The number of amides is 2. The predicted octanol–water partition coefficient (Wildman–Crippen LogP) is 2.91. The summed E-state index contributed by atoms with van der Waals surface area (Å²) in [4.78, 5) is 25.3. The SMILES string of the molecule is CC(=O)c1ccc(NC(=O)N2CC3CCC2C3)cc1. The van der Waals surface area contributed by atoms with Crippen LogP contribution in [0.5, 0.6) is 0 Å². The number of likely N-dealkylation sites (tertiary alicyclic amines) is 1. The molecular formula is C15H18N2O2. The van der Waals surface area contributed by atoms with Crippen molar-refractivity contribution in [2.75, 3.05) is 11.9 Å². The Morgan fingerprint density at radius 1 is 1.21 bits per heavy atom. The van der Waals surface area contributed by atoms with Crippen LogP contribution in [0, 0.1) is 5.92 Å². The highest BCUT2D eigenvalue weighted by Gasteiger charge is 2.40. The van der Waals surface area contributed by atoms with Crippen LogP contribution in [-0.4, -0.2) is 29.3 Å². The molecule has 1 saturated carbocycles. The summed E-state index contributed by atoms with van der Waals surface area (Å²) < 4.78 is 0. The number of nitrogens with one attached hydrogen (secondary N) is 1. The first-order valence-electron chi connectivity index (χ1n) is 6.82. The molecule has 2 amide bonds. The van der Waals surface area contributed by atoms with E-state index in [1.54, 1.807) is 24.3 Å². The van der Waals surface area contributed by atoms with Gasteiger partial charge in [-0.2, -0.15) is 0 Å². The van der Waals surface area contributed by atoms with Gasteiger partial charge in [0.25, 0.3) is 0 Å². The maximum absolute atomic E-state index is 12.2. The quantitative estimate of drug-likeness (QED) is 0.829. The first-order valence-corrected chi connectivity index (χ1v) is 6.82. The molecule has 1 aliphatic carbocycles. The molecule has 1 heterocycles. The monoisotopic (exact) mass is 258 g/mol. The number of benzene rings is 1. The number of rotatable bonds is 2. The summed E-state index contributed by atoms with van der Waals surface area (Å²) in [5.74, 6) is 0.741. The molecule has 0 radical (unpaired) electrons. The average molecular weight is 258 g/mol. The number of nitrogens with zero attached hydrogens (tertiary/aromatic N) is 1. The summed E-state index contributed by atoms with van der Waals surface area (Å²) in [7, 11) is 0. The Morgan fingerprint density at radius 3 is 2.47 bits per heavy atom. The molecule has 1 N–H and O–H groups in total. The lowest BCUT2D eigenvalue weighted by Gasteiger charge is -2.27. The smallest absolute Gasteiger partial charge is 0.321 e. The van der Waals surface area contributed by atoms with Crippen LogP contribution in [0.4, 0.5) is 10.5 Å². The molecule has 2 fully saturated rings. The lowest BCUT2D eigenvalue weighted by molar-refractivity contribution is 0.101. The molecular weight excluding hydrogens is 240 g/mol. The molecule has 2 atom stereocenters. The highest BCUT2D eigenvalue weighted by molar-refractivity contribution is 5.95. The molecule has 2 bridgehead atoms. The summed E-state index contributed by atoms with van der Waals surface area (Å²) in [5.41, 5.74) is 1.41. The number of anilines is 1. The lowest BCUT2D eigenvalue weighted by atomic mass is 10.1. The maximum Gasteiger partial charge on any atom is 0.322 e. The minimum Gasteiger partial charge on any atom is -0.321 e. The number of fused-ring (bicyclic) bond motifs is 2. The van der Waals surface area contributed by atoms with Crippen molar-refractivity contribution in [2.45, 2.75) is 32.2 Å². The molecule has 1 saturated heterocycles. The number of hydrogen-bond acceptors (Lipinski definition) is 2. The third-order valence-electron chi connectivity index (χ3n) is 4.21. The maximum atomic E-state index is 12.2. The van der Waals surface area contributed by atoms with Crippen molar-refractivity contribution in [3.8, 4) is 0 Å². The van der Waals surface area contributed by atoms with Gasteiger partial charge in [0, 0.05) is 23.8 Å². The van der Waals surface area contributed by atoms with Crippen molar-refractivity contribution in [3.05, 3.63) is 29.8 Å². The summed E-state index contributed by atoms with van der Waals surface area (Å²) in [6.45, 7) is 2.43. The Morgan fingerprint density at radius 2 is 1.95 bits per heavy atom. The van der Waals surface area contributed by atoms with Crippen molar-refractivity contribution in [1.29, 1.82) is 0 Å². The molecule has 2 unspecified atom stereocenters. The molecule has 4 nitrogen and oxygen atoms in total. The number of piperidine rings is 1. The van der Waals surface area contributed by atoms with Gasteiger partial charge in [0.15, 0.2) is 5.78 Å². The summed E-state index contributed by atoms with van der Waals surface area (Å²) in [6.07, 6.45) is 3.57. The fraction of sp³-hybridized carbons (Fsp3) is 0.467. The average Bonchev–Trinajstić information content (AvgIpc) is 3.01. The van der Waals surface area contributed by atoms with Crippen LogP contribution < -0.4 is 5.32 Å². The molecule has 4 heteroatoms. The standard InChI is InChI=1S/C15H18N2O2/c1-10(18)12-3-5-13(6-4-12)16-15(19)17-9-11-2-7-14(17)8-11/h3-6,11,14H,2,7-9H2,1H3,(H,16,19). The zero-order valence-electron chi connectivity index (χ0n) is 11.1. The van der Waals surface area contributed by atoms with Gasteiger partial charge in [0.1, 0.15) is 0 Å². The van der Waals surface area contributed by atoms with E-state index in [1.807, 2.05) is 4.90 Å². The first-order chi connectivity index (χ1) is 9.13. The van der Waals surface area contributed by atoms with E-state index in [9.17, 15) is 9.59 Å². The number of carbonyl (C=O) groups is 2. The van der Waals surface area contributed by atoms with Crippen LogP contribution in [0.3, 0.4) is 0 Å². The zero-order valence-corrected chi connectivity index (χ0v) is 11.1. The molecule has 19 heavy (non-hydrogen) atoms. The van der Waals surface area contributed by atoms with Gasteiger partial charge in [0.2, 0.25) is 0 Å². The highest BCUT2D eigenvalue weighted by atomic mass is 16.2. The molecule has 2 aliphatic rings. The predicted molar refractivity (Wildman–Crippen MR) is 73.3 cm³/mol. The fourth-order valence-electron chi connectivity index (χ4n) is 3.16.